The van der Waals surface area contributed by atoms with Gasteiger partial charge in [0.2, 0.25) is 0 Å². The summed E-state index contributed by atoms with van der Waals surface area (Å²) in [6.07, 6.45) is 1.70. The monoisotopic (exact) mass is 470 g/mol. The largest absolute Gasteiger partial charge is 0.463 e. The molecule has 0 amide bonds. The van der Waals surface area contributed by atoms with Crippen molar-refractivity contribution >= 4 is 24.0 Å². The number of dihydropyridines is 1. The highest BCUT2D eigenvalue weighted by molar-refractivity contribution is 6.00. The average Bonchev–Trinajstić information content (AvgIpc) is 2.79. The van der Waals surface area contributed by atoms with Crippen molar-refractivity contribution in [2.75, 3.05) is 33.4 Å². The third kappa shape index (κ3) is 6.14. The first-order valence-corrected chi connectivity index (χ1v) is 11.4. The van der Waals surface area contributed by atoms with Crippen LogP contribution in [0.25, 0.3) is 6.08 Å². The summed E-state index contributed by atoms with van der Waals surface area (Å²) in [6.45, 7) is 9.64. The molecule has 1 aliphatic heterocycles. The van der Waals surface area contributed by atoms with Gasteiger partial charge in [-0.3, -0.25) is 0 Å². The molecule has 184 valence electrons. The Morgan fingerprint density at radius 2 is 1.56 bits per heavy atom. The van der Waals surface area contributed by atoms with Gasteiger partial charge in [-0.15, -0.1) is 0 Å². The van der Waals surface area contributed by atoms with Crippen molar-refractivity contribution in [1.82, 2.24) is 10.6 Å². The first kappa shape index (κ1) is 26.9. The Hall–Kier alpha value is -3.39. The van der Waals surface area contributed by atoms with Crippen LogP contribution < -0.4 is 10.6 Å². The predicted octanol–water partition coefficient (Wildman–Crippen LogP) is 3.21. The molecule has 34 heavy (non-hydrogen) atoms. The predicted molar refractivity (Wildman–Crippen MR) is 130 cm³/mol. The molecular weight excluding hydrogens is 436 g/mol. The fourth-order valence-electron chi connectivity index (χ4n) is 3.90. The number of hydrogen-bond donors (Lipinski definition) is 2. The highest BCUT2D eigenvalue weighted by atomic mass is 16.5. The van der Waals surface area contributed by atoms with E-state index in [2.05, 4.69) is 10.6 Å². The topological polar surface area (TPSA) is 103 Å². The number of likely N-dealkylation sites (N-methyl/N-ethyl adjacent to an activating group) is 1. The lowest BCUT2D eigenvalue weighted by Crippen LogP contribution is -2.36. The zero-order valence-corrected chi connectivity index (χ0v) is 20.7. The van der Waals surface area contributed by atoms with Crippen molar-refractivity contribution in [3.63, 3.8) is 0 Å². The molecule has 8 nitrogen and oxygen atoms in total. The number of rotatable bonds is 10. The molecule has 0 radical (unpaired) electrons. The molecule has 2 N–H and O–H groups in total. The van der Waals surface area contributed by atoms with Crippen molar-refractivity contribution < 1.29 is 28.6 Å². The number of ether oxygens (including phenoxy) is 3. The number of nitrogens with one attached hydrogen (secondary N) is 2. The van der Waals surface area contributed by atoms with Gasteiger partial charge in [0.15, 0.2) is 0 Å². The van der Waals surface area contributed by atoms with Gasteiger partial charge in [-0.1, -0.05) is 24.3 Å². The smallest absolute Gasteiger partial charge is 0.336 e. The number of esters is 3. The Bertz CT molecular complexity index is 1020. The number of allylic oxidation sites excluding steroid dienone is 1. The Morgan fingerprint density at radius 1 is 0.971 bits per heavy atom. The maximum Gasteiger partial charge on any atom is 0.336 e. The van der Waals surface area contributed by atoms with Gasteiger partial charge in [-0.25, -0.2) is 14.4 Å². The summed E-state index contributed by atoms with van der Waals surface area (Å²) < 4.78 is 15.9. The van der Waals surface area contributed by atoms with Gasteiger partial charge >= 0.3 is 17.9 Å². The van der Waals surface area contributed by atoms with Gasteiger partial charge in [-0.2, -0.15) is 0 Å². The summed E-state index contributed by atoms with van der Waals surface area (Å²) in [5.74, 6) is -2.24. The van der Waals surface area contributed by atoms with E-state index >= 15 is 0 Å². The van der Waals surface area contributed by atoms with Crippen LogP contribution in [0.2, 0.25) is 0 Å². The number of benzene rings is 1. The normalized spacial score (nSPS) is 16.2. The van der Waals surface area contributed by atoms with Gasteiger partial charge in [0.1, 0.15) is 0 Å². The van der Waals surface area contributed by atoms with Crippen LogP contribution in [-0.2, 0) is 28.6 Å². The van der Waals surface area contributed by atoms with Gasteiger partial charge in [0, 0.05) is 23.5 Å². The number of hydrogen-bond acceptors (Lipinski definition) is 8. The molecule has 0 aromatic heterocycles. The van der Waals surface area contributed by atoms with Crippen LogP contribution in [0.4, 0.5) is 0 Å². The maximum atomic E-state index is 13.2. The lowest BCUT2D eigenvalue weighted by molar-refractivity contribution is -0.140. The summed E-state index contributed by atoms with van der Waals surface area (Å²) in [5, 5.41) is 6.26. The molecule has 0 saturated heterocycles. The fraction of sp³-hybridized carbons (Fsp3) is 0.423. The van der Waals surface area contributed by atoms with Crippen LogP contribution in [-0.4, -0.2) is 51.3 Å². The van der Waals surface area contributed by atoms with Gasteiger partial charge in [0.25, 0.3) is 0 Å². The molecule has 0 aliphatic carbocycles. The van der Waals surface area contributed by atoms with Gasteiger partial charge in [-0.05, 0) is 58.9 Å². The van der Waals surface area contributed by atoms with E-state index in [0.717, 1.165) is 0 Å². The van der Waals surface area contributed by atoms with E-state index in [1.807, 2.05) is 24.3 Å². The molecule has 1 heterocycles. The molecule has 8 heteroatoms. The van der Waals surface area contributed by atoms with Gasteiger partial charge < -0.3 is 24.8 Å². The van der Waals surface area contributed by atoms with Crippen LogP contribution in [0.5, 0.6) is 0 Å². The van der Waals surface area contributed by atoms with Crippen LogP contribution >= 0.6 is 0 Å². The highest BCUT2D eigenvalue weighted by Gasteiger charge is 2.39. The second-order valence-electron chi connectivity index (χ2n) is 7.64. The maximum absolute atomic E-state index is 13.2. The van der Waals surface area contributed by atoms with Gasteiger partial charge in [0.05, 0.1) is 36.9 Å². The molecule has 0 spiro atoms. The second-order valence-corrected chi connectivity index (χ2v) is 7.64. The molecule has 0 fully saturated rings. The third-order valence-corrected chi connectivity index (χ3v) is 5.27. The zero-order chi connectivity index (χ0) is 25.3. The summed E-state index contributed by atoms with van der Waals surface area (Å²) in [6, 6.07) is 7.33. The van der Waals surface area contributed by atoms with E-state index in [1.165, 1.54) is 0 Å². The molecule has 1 atom stereocenters. The van der Waals surface area contributed by atoms with Crippen LogP contribution in [0.15, 0.2) is 52.4 Å². The fourth-order valence-corrected chi connectivity index (χ4v) is 3.90. The third-order valence-electron chi connectivity index (χ3n) is 5.27. The quantitative estimate of drug-likeness (QED) is 0.305. The van der Waals surface area contributed by atoms with Crippen molar-refractivity contribution in [2.45, 2.75) is 40.5 Å². The molecule has 0 saturated carbocycles. The lowest BCUT2D eigenvalue weighted by Gasteiger charge is -2.32. The SMILES string of the molecule is CCOC(=O)C1=C(C)NC(CNC)=C(C(=O)OCC)C1c1ccccc1/C=C(\C)C(=O)OCC. The average molecular weight is 471 g/mol. The highest BCUT2D eigenvalue weighted by Crippen LogP contribution is 2.41. The molecule has 1 unspecified atom stereocenters. The Labute approximate surface area is 201 Å². The van der Waals surface area contributed by atoms with E-state index in [0.29, 0.717) is 45.8 Å². The first-order chi connectivity index (χ1) is 16.3. The minimum atomic E-state index is -0.759. The molecule has 1 aromatic carbocycles. The van der Waals surface area contributed by atoms with Crippen molar-refractivity contribution in [3.05, 3.63) is 63.5 Å². The van der Waals surface area contributed by atoms with E-state index in [4.69, 9.17) is 14.2 Å². The van der Waals surface area contributed by atoms with Crippen LogP contribution in [0, 0.1) is 0 Å². The Morgan fingerprint density at radius 3 is 2.15 bits per heavy atom. The van der Waals surface area contributed by atoms with E-state index in [-0.39, 0.29) is 19.8 Å². The summed E-state index contributed by atoms with van der Waals surface area (Å²) >= 11 is 0. The summed E-state index contributed by atoms with van der Waals surface area (Å²) in [7, 11) is 1.77. The van der Waals surface area contributed by atoms with Crippen molar-refractivity contribution in [1.29, 1.82) is 0 Å². The van der Waals surface area contributed by atoms with Crippen molar-refractivity contribution in [2.24, 2.45) is 0 Å². The summed E-state index contributed by atoms with van der Waals surface area (Å²) in [5.41, 5.74) is 3.59. The molecule has 0 bridgehead atoms. The standard InChI is InChI=1S/C26H34N2O6/c1-7-32-24(29)16(4)14-18-12-10-11-13-19(18)22-21(25(30)33-8-2)17(5)28-20(15-27-6)23(22)26(31)34-9-3/h10-14,22,27-28H,7-9,15H2,1-6H3/b16-14+. The van der Waals surface area contributed by atoms with E-state index in [1.54, 1.807) is 47.7 Å². The Balaban J connectivity index is 2.81. The zero-order valence-electron chi connectivity index (χ0n) is 20.7. The molecule has 2 rings (SSSR count). The van der Waals surface area contributed by atoms with Crippen molar-refractivity contribution in [3.8, 4) is 0 Å². The molecule has 1 aromatic rings. The number of carbonyl (C=O) groups is 3. The Kier molecular flexibility index (Phi) is 10.1. The lowest BCUT2D eigenvalue weighted by atomic mass is 9.78. The van der Waals surface area contributed by atoms with E-state index < -0.39 is 23.8 Å². The van der Waals surface area contributed by atoms with Crippen LogP contribution in [0.3, 0.4) is 0 Å². The number of carbonyl (C=O) groups excluding carboxylic acids is 3. The minimum Gasteiger partial charge on any atom is -0.463 e. The van der Waals surface area contributed by atoms with E-state index in [9.17, 15) is 14.4 Å². The first-order valence-electron chi connectivity index (χ1n) is 11.4. The summed E-state index contributed by atoms with van der Waals surface area (Å²) in [4.78, 5) is 38.6. The minimum absolute atomic E-state index is 0.183. The van der Waals surface area contributed by atoms with Crippen LogP contribution in [0.1, 0.15) is 51.7 Å². The molecular formula is C26H34N2O6. The molecule has 1 aliphatic rings. The second kappa shape index (κ2) is 12.7.